The Bertz CT molecular complexity index is 426. The molecule has 0 unspecified atom stereocenters. The summed E-state index contributed by atoms with van der Waals surface area (Å²) in [5, 5.41) is 14.7. The number of carbonyl (C=O) groups excluding carboxylic acids is 2. The average Bonchev–Trinajstić information content (AvgIpc) is 2.30. The van der Waals surface area contributed by atoms with E-state index >= 15 is 0 Å². The van der Waals surface area contributed by atoms with Crippen LogP contribution in [0.15, 0.2) is 29.4 Å². The van der Waals surface area contributed by atoms with Gasteiger partial charge < -0.3 is 10.4 Å². The zero-order chi connectivity index (χ0) is 12.7. The maximum absolute atomic E-state index is 10.8. The number of aliphatic hydroxyl groups is 1. The number of aliphatic hydroxyl groups excluding tert-OH is 1. The summed E-state index contributed by atoms with van der Waals surface area (Å²) in [6, 6.07) is 6.91. The molecule has 0 aliphatic rings. The SMILES string of the molecule is CC(=O)Nc1ccc(/C=N/NC(=O)CO)cc1. The Morgan fingerprint density at radius 2 is 2.00 bits per heavy atom. The lowest BCUT2D eigenvalue weighted by molar-refractivity contribution is -0.123. The van der Waals surface area contributed by atoms with E-state index in [1.54, 1.807) is 24.3 Å². The van der Waals surface area contributed by atoms with E-state index in [9.17, 15) is 9.59 Å². The highest BCUT2D eigenvalue weighted by Crippen LogP contribution is 2.07. The summed E-state index contributed by atoms with van der Waals surface area (Å²) in [6.07, 6.45) is 1.44. The Balaban J connectivity index is 2.56. The van der Waals surface area contributed by atoms with Gasteiger partial charge in [0.1, 0.15) is 6.61 Å². The van der Waals surface area contributed by atoms with Crippen LogP contribution in [0.1, 0.15) is 12.5 Å². The summed E-state index contributed by atoms with van der Waals surface area (Å²) in [5.74, 6) is -0.710. The van der Waals surface area contributed by atoms with Gasteiger partial charge in [0.25, 0.3) is 5.91 Å². The molecule has 0 radical (unpaired) electrons. The van der Waals surface area contributed by atoms with Gasteiger partial charge in [0.15, 0.2) is 0 Å². The van der Waals surface area contributed by atoms with Gasteiger partial charge in [-0.05, 0) is 17.7 Å². The van der Waals surface area contributed by atoms with Crippen LogP contribution in [0.25, 0.3) is 0 Å². The highest BCUT2D eigenvalue weighted by Gasteiger charge is 1.95. The van der Waals surface area contributed by atoms with Crippen molar-refractivity contribution in [3.63, 3.8) is 0 Å². The molecule has 0 bridgehead atoms. The van der Waals surface area contributed by atoms with Crippen LogP contribution in [0.4, 0.5) is 5.69 Å². The van der Waals surface area contributed by atoms with E-state index in [1.807, 2.05) is 0 Å². The molecule has 0 spiro atoms. The molecular weight excluding hydrogens is 222 g/mol. The van der Waals surface area contributed by atoms with Gasteiger partial charge in [-0.1, -0.05) is 12.1 Å². The van der Waals surface area contributed by atoms with Gasteiger partial charge in [-0.3, -0.25) is 9.59 Å². The van der Waals surface area contributed by atoms with Gasteiger partial charge in [-0.15, -0.1) is 0 Å². The summed E-state index contributed by atoms with van der Waals surface area (Å²) < 4.78 is 0. The minimum atomic E-state index is -0.598. The minimum absolute atomic E-state index is 0.137. The van der Waals surface area contributed by atoms with E-state index in [0.29, 0.717) is 5.69 Å². The van der Waals surface area contributed by atoms with Crippen LogP contribution in [0.5, 0.6) is 0 Å². The van der Waals surface area contributed by atoms with E-state index < -0.39 is 12.5 Å². The minimum Gasteiger partial charge on any atom is -0.386 e. The lowest BCUT2D eigenvalue weighted by Crippen LogP contribution is -2.20. The Hall–Kier alpha value is -2.21. The topological polar surface area (TPSA) is 90.8 Å². The van der Waals surface area contributed by atoms with Crippen molar-refractivity contribution in [3.05, 3.63) is 29.8 Å². The van der Waals surface area contributed by atoms with Crippen molar-refractivity contribution in [2.75, 3.05) is 11.9 Å². The van der Waals surface area contributed by atoms with Crippen LogP contribution in [-0.2, 0) is 9.59 Å². The molecule has 0 heterocycles. The maximum atomic E-state index is 10.8. The highest BCUT2D eigenvalue weighted by atomic mass is 16.3. The third kappa shape index (κ3) is 4.89. The number of benzene rings is 1. The molecule has 0 aliphatic carbocycles. The van der Waals surface area contributed by atoms with E-state index in [0.717, 1.165) is 5.56 Å². The summed E-state index contributed by atoms with van der Waals surface area (Å²) in [5.41, 5.74) is 3.59. The summed E-state index contributed by atoms with van der Waals surface area (Å²) in [4.78, 5) is 21.4. The number of nitrogens with one attached hydrogen (secondary N) is 2. The van der Waals surface area contributed by atoms with Crippen LogP contribution in [0.3, 0.4) is 0 Å². The highest BCUT2D eigenvalue weighted by molar-refractivity contribution is 5.89. The van der Waals surface area contributed by atoms with E-state index in [2.05, 4.69) is 15.8 Å². The predicted octanol–water partition coefficient (Wildman–Crippen LogP) is 0.0874. The van der Waals surface area contributed by atoms with Crippen LogP contribution in [0.2, 0.25) is 0 Å². The number of hydrogen-bond donors (Lipinski definition) is 3. The molecular formula is C11H13N3O3. The van der Waals surface area contributed by atoms with Gasteiger partial charge >= 0.3 is 0 Å². The predicted molar refractivity (Wildman–Crippen MR) is 63.6 cm³/mol. The van der Waals surface area contributed by atoms with Crippen molar-refractivity contribution in [1.29, 1.82) is 0 Å². The second-order valence-corrected chi connectivity index (χ2v) is 3.25. The number of nitrogens with zero attached hydrogens (tertiary/aromatic N) is 1. The van der Waals surface area contributed by atoms with Crippen LogP contribution >= 0.6 is 0 Å². The second kappa shape index (κ2) is 6.39. The first-order valence-electron chi connectivity index (χ1n) is 4.92. The molecule has 0 aliphatic heterocycles. The van der Waals surface area contributed by atoms with E-state index in [-0.39, 0.29) is 5.91 Å². The molecule has 1 aromatic carbocycles. The van der Waals surface area contributed by atoms with Gasteiger partial charge in [-0.25, -0.2) is 5.43 Å². The molecule has 17 heavy (non-hydrogen) atoms. The maximum Gasteiger partial charge on any atom is 0.265 e. The molecule has 0 saturated carbocycles. The molecule has 0 atom stereocenters. The number of rotatable bonds is 4. The summed E-state index contributed by atoms with van der Waals surface area (Å²) >= 11 is 0. The Labute approximate surface area is 98.3 Å². The number of hydrazone groups is 1. The van der Waals surface area contributed by atoms with Crippen LogP contribution in [-0.4, -0.2) is 29.7 Å². The van der Waals surface area contributed by atoms with Crippen molar-refractivity contribution in [2.45, 2.75) is 6.92 Å². The first-order valence-corrected chi connectivity index (χ1v) is 4.92. The zero-order valence-electron chi connectivity index (χ0n) is 9.30. The fourth-order valence-electron chi connectivity index (χ4n) is 1.07. The monoisotopic (exact) mass is 235 g/mol. The molecule has 0 aromatic heterocycles. The molecule has 0 saturated heterocycles. The molecule has 6 heteroatoms. The van der Waals surface area contributed by atoms with Crippen molar-refractivity contribution in [3.8, 4) is 0 Å². The molecule has 1 rings (SSSR count). The Morgan fingerprint density at radius 3 is 2.53 bits per heavy atom. The van der Waals surface area contributed by atoms with Crippen LogP contribution < -0.4 is 10.7 Å². The summed E-state index contributed by atoms with van der Waals surface area (Å²) in [6.45, 7) is 0.832. The average molecular weight is 235 g/mol. The zero-order valence-corrected chi connectivity index (χ0v) is 9.30. The fraction of sp³-hybridized carbons (Fsp3) is 0.182. The van der Waals surface area contributed by atoms with Gasteiger partial charge in [0.05, 0.1) is 6.21 Å². The lowest BCUT2D eigenvalue weighted by atomic mass is 10.2. The standard InChI is InChI=1S/C11H13N3O3/c1-8(16)13-10-4-2-9(3-5-10)6-12-14-11(17)7-15/h2-6,15H,7H2,1H3,(H,13,16)(H,14,17)/b12-6+. The van der Waals surface area contributed by atoms with Gasteiger partial charge in [0.2, 0.25) is 5.91 Å². The Kier molecular flexibility index (Phi) is 4.83. The van der Waals surface area contributed by atoms with Crippen LogP contribution in [0, 0.1) is 0 Å². The number of hydrogen-bond acceptors (Lipinski definition) is 4. The Morgan fingerprint density at radius 1 is 1.35 bits per heavy atom. The van der Waals surface area contributed by atoms with Crippen molar-refractivity contribution < 1.29 is 14.7 Å². The van der Waals surface area contributed by atoms with E-state index in [4.69, 9.17) is 5.11 Å². The van der Waals surface area contributed by atoms with Crippen molar-refractivity contribution in [1.82, 2.24) is 5.43 Å². The summed E-state index contributed by atoms with van der Waals surface area (Å²) in [7, 11) is 0. The molecule has 0 fully saturated rings. The smallest absolute Gasteiger partial charge is 0.265 e. The largest absolute Gasteiger partial charge is 0.386 e. The van der Waals surface area contributed by atoms with E-state index in [1.165, 1.54) is 13.1 Å². The molecule has 90 valence electrons. The third-order valence-corrected chi connectivity index (χ3v) is 1.78. The molecule has 6 nitrogen and oxygen atoms in total. The normalized spacial score (nSPS) is 10.2. The number of amides is 2. The van der Waals surface area contributed by atoms with Crippen molar-refractivity contribution >= 4 is 23.7 Å². The third-order valence-electron chi connectivity index (χ3n) is 1.78. The molecule has 3 N–H and O–H groups in total. The fourth-order valence-corrected chi connectivity index (χ4v) is 1.07. The van der Waals surface area contributed by atoms with Gasteiger partial charge in [-0.2, -0.15) is 5.10 Å². The second-order valence-electron chi connectivity index (χ2n) is 3.25. The molecule has 2 amide bonds. The number of anilines is 1. The lowest BCUT2D eigenvalue weighted by Gasteiger charge is -2.01. The first kappa shape index (κ1) is 12.9. The molecule has 1 aromatic rings. The first-order chi connectivity index (χ1) is 8.11. The van der Waals surface area contributed by atoms with Crippen molar-refractivity contribution in [2.24, 2.45) is 5.10 Å². The number of carbonyl (C=O) groups is 2. The van der Waals surface area contributed by atoms with Gasteiger partial charge in [0, 0.05) is 12.6 Å². The quantitative estimate of drug-likeness (QED) is 0.510.